The molecule has 30 heavy (non-hydrogen) atoms. The molecule has 3 rings (SSSR count). The van der Waals surface area contributed by atoms with E-state index in [0.717, 1.165) is 17.5 Å². The Balaban J connectivity index is 1.66. The summed E-state index contributed by atoms with van der Waals surface area (Å²) in [6, 6.07) is 16.6. The second-order valence-electron chi connectivity index (χ2n) is 7.65. The highest BCUT2D eigenvalue weighted by Crippen LogP contribution is 2.27. The van der Waals surface area contributed by atoms with E-state index in [0.29, 0.717) is 32.8 Å². The van der Waals surface area contributed by atoms with E-state index in [1.165, 1.54) is 4.31 Å². The average molecular weight is 431 g/mol. The van der Waals surface area contributed by atoms with Crippen LogP contribution < -0.4 is 5.32 Å². The van der Waals surface area contributed by atoms with Crippen LogP contribution in [0.25, 0.3) is 0 Å². The van der Waals surface area contributed by atoms with Gasteiger partial charge in [-0.05, 0) is 29.2 Å². The second-order valence-corrected chi connectivity index (χ2v) is 9.59. The number of ether oxygens (including phenoxy) is 1. The van der Waals surface area contributed by atoms with Gasteiger partial charge in [-0.25, -0.2) is 8.42 Å². The summed E-state index contributed by atoms with van der Waals surface area (Å²) < 4.78 is 32.1. The van der Waals surface area contributed by atoms with Gasteiger partial charge in [0.25, 0.3) is 0 Å². The van der Waals surface area contributed by atoms with E-state index < -0.39 is 10.0 Å². The van der Waals surface area contributed by atoms with Gasteiger partial charge in [-0.15, -0.1) is 0 Å². The zero-order valence-corrected chi connectivity index (χ0v) is 18.4. The number of carbonyl (C=O) groups excluding carboxylic acids is 1. The van der Waals surface area contributed by atoms with Gasteiger partial charge in [0.2, 0.25) is 15.9 Å². The molecule has 0 radical (unpaired) electrons. The van der Waals surface area contributed by atoms with E-state index in [9.17, 15) is 13.2 Å². The van der Waals surface area contributed by atoms with E-state index in [1.807, 2.05) is 30.3 Å². The number of amides is 1. The minimum absolute atomic E-state index is 0.0134. The number of carbonyl (C=O) groups is 1. The van der Waals surface area contributed by atoms with Crippen LogP contribution in [0.1, 0.15) is 37.3 Å². The quantitative estimate of drug-likeness (QED) is 0.698. The molecule has 0 bridgehead atoms. The first-order valence-electron chi connectivity index (χ1n) is 10.4. The highest BCUT2D eigenvalue weighted by molar-refractivity contribution is 7.89. The topological polar surface area (TPSA) is 75.7 Å². The van der Waals surface area contributed by atoms with E-state index in [-0.39, 0.29) is 22.6 Å². The van der Waals surface area contributed by atoms with Crippen LogP contribution in [0.15, 0.2) is 59.5 Å². The van der Waals surface area contributed by atoms with Crippen molar-refractivity contribution >= 4 is 15.9 Å². The van der Waals surface area contributed by atoms with Gasteiger partial charge in [-0.3, -0.25) is 4.79 Å². The number of nitrogens with one attached hydrogen (secondary N) is 1. The Hall–Kier alpha value is -2.22. The van der Waals surface area contributed by atoms with Gasteiger partial charge in [0, 0.05) is 19.6 Å². The van der Waals surface area contributed by atoms with Gasteiger partial charge in [0.1, 0.15) is 0 Å². The number of sulfonamides is 1. The molecule has 2 unspecified atom stereocenters. The van der Waals surface area contributed by atoms with Gasteiger partial charge in [0.05, 0.1) is 24.0 Å². The lowest BCUT2D eigenvalue weighted by Crippen LogP contribution is -2.40. The van der Waals surface area contributed by atoms with Gasteiger partial charge in [0.15, 0.2) is 0 Å². The number of nitrogens with zero attached hydrogens (tertiary/aromatic N) is 1. The predicted molar refractivity (Wildman–Crippen MR) is 117 cm³/mol. The first kappa shape index (κ1) is 22.5. The van der Waals surface area contributed by atoms with Crippen LogP contribution >= 0.6 is 0 Å². The fraction of sp³-hybridized carbons (Fsp3) is 0.435. The molecule has 1 saturated heterocycles. The lowest BCUT2D eigenvalue weighted by atomic mass is 9.85. The zero-order chi connectivity index (χ0) is 21.6. The van der Waals surface area contributed by atoms with Gasteiger partial charge in [-0.2, -0.15) is 4.31 Å². The summed E-state index contributed by atoms with van der Waals surface area (Å²) in [7, 11) is -3.51. The Morgan fingerprint density at radius 3 is 2.30 bits per heavy atom. The van der Waals surface area contributed by atoms with Gasteiger partial charge >= 0.3 is 0 Å². The maximum absolute atomic E-state index is 12.9. The van der Waals surface area contributed by atoms with E-state index in [1.54, 1.807) is 24.3 Å². The molecule has 7 heteroatoms. The maximum Gasteiger partial charge on any atom is 0.243 e. The van der Waals surface area contributed by atoms with E-state index >= 15 is 0 Å². The van der Waals surface area contributed by atoms with Crippen LogP contribution in [0.4, 0.5) is 0 Å². The third kappa shape index (κ3) is 5.28. The third-order valence-corrected chi connectivity index (χ3v) is 7.56. The van der Waals surface area contributed by atoms with Crippen molar-refractivity contribution in [3.05, 3.63) is 65.7 Å². The Morgan fingerprint density at radius 1 is 1.07 bits per heavy atom. The Kier molecular flexibility index (Phi) is 7.64. The largest absolute Gasteiger partial charge is 0.379 e. The van der Waals surface area contributed by atoms with Crippen LogP contribution in [0.5, 0.6) is 0 Å². The Labute approximate surface area is 179 Å². The molecule has 0 aliphatic carbocycles. The Morgan fingerprint density at radius 2 is 1.70 bits per heavy atom. The molecule has 2 atom stereocenters. The fourth-order valence-electron chi connectivity index (χ4n) is 3.65. The third-order valence-electron chi connectivity index (χ3n) is 5.65. The van der Waals surface area contributed by atoms with Crippen molar-refractivity contribution in [3.8, 4) is 0 Å². The SMILES string of the molecule is CCC(C)C(C(=O)NCc1ccc(S(=O)(=O)N2CCOCC2)cc1)c1ccccc1. The smallest absolute Gasteiger partial charge is 0.243 e. The number of benzene rings is 2. The molecule has 1 fully saturated rings. The fourth-order valence-corrected chi connectivity index (χ4v) is 5.06. The standard InChI is InChI=1S/C23H30N2O4S/c1-3-18(2)22(20-7-5-4-6-8-20)23(26)24-17-19-9-11-21(12-10-19)30(27,28)25-13-15-29-16-14-25/h4-12,18,22H,3,13-17H2,1-2H3,(H,24,26). The molecule has 1 aliphatic rings. The molecule has 2 aromatic carbocycles. The van der Waals surface area contributed by atoms with E-state index in [4.69, 9.17) is 4.74 Å². The molecule has 1 N–H and O–H groups in total. The second kappa shape index (κ2) is 10.2. The van der Waals surface area contributed by atoms with Crippen molar-refractivity contribution in [1.82, 2.24) is 9.62 Å². The monoisotopic (exact) mass is 430 g/mol. The van der Waals surface area contributed by atoms with Crippen molar-refractivity contribution in [3.63, 3.8) is 0 Å². The zero-order valence-electron chi connectivity index (χ0n) is 17.6. The number of rotatable bonds is 8. The highest BCUT2D eigenvalue weighted by Gasteiger charge is 2.27. The number of morpholine rings is 1. The van der Waals surface area contributed by atoms with Crippen molar-refractivity contribution in [2.45, 2.75) is 37.6 Å². The summed E-state index contributed by atoms with van der Waals surface area (Å²) in [5, 5.41) is 3.02. The van der Waals surface area contributed by atoms with Crippen LogP contribution in [-0.2, 0) is 26.1 Å². The average Bonchev–Trinajstić information content (AvgIpc) is 2.79. The normalized spacial score (nSPS) is 17.3. The number of hydrogen-bond donors (Lipinski definition) is 1. The molecule has 1 amide bonds. The molecule has 6 nitrogen and oxygen atoms in total. The molecule has 0 saturated carbocycles. The first-order chi connectivity index (χ1) is 14.4. The summed E-state index contributed by atoms with van der Waals surface area (Å²) in [5.74, 6) is -0.00817. The van der Waals surface area contributed by atoms with Crippen LogP contribution in [-0.4, -0.2) is 44.9 Å². The van der Waals surface area contributed by atoms with Crippen LogP contribution in [0, 0.1) is 5.92 Å². The summed E-state index contributed by atoms with van der Waals surface area (Å²) >= 11 is 0. The molecule has 162 valence electrons. The Bertz CT molecular complexity index is 923. The molecule has 0 aromatic heterocycles. The van der Waals surface area contributed by atoms with Crippen LogP contribution in [0.2, 0.25) is 0 Å². The van der Waals surface area contributed by atoms with Crippen LogP contribution in [0.3, 0.4) is 0 Å². The lowest BCUT2D eigenvalue weighted by molar-refractivity contribution is -0.123. The highest BCUT2D eigenvalue weighted by atomic mass is 32.2. The number of hydrogen-bond acceptors (Lipinski definition) is 4. The molecule has 2 aromatic rings. The van der Waals surface area contributed by atoms with Crippen molar-refractivity contribution in [2.75, 3.05) is 26.3 Å². The molecular formula is C23H30N2O4S. The molecule has 1 heterocycles. The minimum Gasteiger partial charge on any atom is -0.379 e. The van der Waals surface area contributed by atoms with Crippen molar-refractivity contribution in [2.24, 2.45) is 5.92 Å². The summed E-state index contributed by atoms with van der Waals surface area (Å²) in [4.78, 5) is 13.2. The first-order valence-corrected chi connectivity index (χ1v) is 11.9. The molecule has 1 aliphatic heterocycles. The van der Waals surface area contributed by atoms with Gasteiger partial charge < -0.3 is 10.1 Å². The predicted octanol–water partition coefficient (Wildman–Crippen LogP) is 3.15. The lowest BCUT2D eigenvalue weighted by Gasteiger charge is -2.26. The molecule has 0 spiro atoms. The summed E-state index contributed by atoms with van der Waals surface area (Å²) in [6.07, 6.45) is 0.904. The minimum atomic E-state index is -3.51. The van der Waals surface area contributed by atoms with Gasteiger partial charge in [-0.1, -0.05) is 62.7 Å². The van der Waals surface area contributed by atoms with E-state index in [2.05, 4.69) is 19.2 Å². The summed E-state index contributed by atoms with van der Waals surface area (Å²) in [5.41, 5.74) is 1.87. The maximum atomic E-state index is 12.9. The van der Waals surface area contributed by atoms with Crippen molar-refractivity contribution < 1.29 is 17.9 Å². The van der Waals surface area contributed by atoms with Crippen molar-refractivity contribution in [1.29, 1.82) is 0 Å². The summed E-state index contributed by atoms with van der Waals surface area (Å²) in [6.45, 7) is 6.11. The molecular weight excluding hydrogens is 400 g/mol.